The van der Waals surface area contributed by atoms with E-state index in [2.05, 4.69) is 10.6 Å². The highest BCUT2D eigenvalue weighted by atomic mass is 32.2. The van der Waals surface area contributed by atoms with Crippen molar-refractivity contribution in [2.75, 3.05) is 5.75 Å². The molecule has 0 aliphatic carbocycles. The summed E-state index contributed by atoms with van der Waals surface area (Å²) in [6, 6.07) is 16.4. The summed E-state index contributed by atoms with van der Waals surface area (Å²) in [5, 5.41) is 15.0. The number of nitrogens with one attached hydrogen (secondary N) is 2. The van der Waals surface area contributed by atoms with Gasteiger partial charge in [0.05, 0.1) is 24.0 Å². The molecular formula is C22H26N2O6S. The molecule has 0 heterocycles. The molecule has 0 saturated carbocycles. The molecule has 9 heteroatoms. The van der Waals surface area contributed by atoms with Gasteiger partial charge in [-0.05, 0) is 18.1 Å². The predicted molar refractivity (Wildman–Crippen MR) is 115 cm³/mol. The molecule has 0 spiro atoms. The molecule has 2 rings (SSSR count). The molecule has 3 N–H and O–H groups in total. The van der Waals surface area contributed by atoms with E-state index in [0.717, 1.165) is 5.56 Å². The van der Waals surface area contributed by atoms with Crippen LogP contribution in [0.2, 0.25) is 0 Å². The highest BCUT2D eigenvalue weighted by Gasteiger charge is 2.28. The maximum atomic E-state index is 12.3. The summed E-state index contributed by atoms with van der Waals surface area (Å²) < 4.78 is 24.5. The van der Waals surface area contributed by atoms with Crippen LogP contribution in [0.15, 0.2) is 60.7 Å². The topological polar surface area (TPSA) is 130 Å². The first-order chi connectivity index (χ1) is 14.7. The number of ketones is 1. The van der Waals surface area contributed by atoms with Gasteiger partial charge in [-0.2, -0.15) is 0 Å². The quantitative estimate of drug-likeness (QED) is 0.467. The third kappa shape index (κ3) is 8.69. The molecule has 2 amide bonds. The third-order valence-corrected chi connectivity index (χ3v) is 6.07. The van der Waals surface area contributed by atoms with Crippen molar-refractivity contribution < 1.29 is 27.9 Å². The molecular weight excluding hydrogens is 420 g/mol. The number of carbonyl (C=O) groups excluding carboxylic acids is 3. The van der Waals surface area contributed by atoms with Crippen molar-refractivity contribution in [2.24, 2.45) is 0 Å². The summed E-state index contributed by atoms with van der Waals surface area (Å²) in [4.78, 5) is 36.2. The van der Waals surface area contributed by atoms with E-state index in [0.29, 0.717) is 5.56 Å². The smallest absolute Gasteiger partial charge is 0.250 e. The van der Waals surface area contributed by atoms with Gasteiger partial charge in [0, 0.05) is 6.54 Å². The van der Waals surface area contributed by atoms with Crippen LogP contribution < -0.4 is 10.6 Å². The summed E-state index contributed by atoms with van der Waals surface area (Å²) >= 11 is 0. The first kappa shape index (κ1) is 24.2. The lowest BCUT2D eigenvalue weighted by Gasteiger charge is -2.18. The van der Waals surface area contributed by atoms with Crippen molar-refractivity contribution in [1.82, 2.24) is 10.6 Å². The van der Waals surface area contributed by atoms with E-state index in [4.69, 9.17) is 0 Å². The van der Waals surface area contributed by atoms with E-state index in [-0.39, 0.29) is 18.7 Å². The Kier molecular flexibility index (Phi) is 8.89. The number of Topliss-reactive ketones (excluding diaryl/α,β-unsaturated/α-hetero) is 1. The van der Waals surface area contributed by atoms with E-state index in [1.54, 1.807) is 30.3 Å². The van der Waals surface area contributed by atoms with Crippen molar-refractivity contribution in [3.05, 3.63) is 71.8 Å². The minimum absolute atomic E-state index is 0.262. The third-order valence-electron chi connectivity index (χ3n) is 4.47. The number of rotatable bonds is 11. The van der Waals surface area contributed by atoms with Gasteiger partial charge >= 0.3 is 0 Å². The van der Waals surface area contributed by atoms with Gasteiger partial charge in [0.1, 0.15) is 6.10 Å². The zero-order chi connectivity index (χ0) is 22.9. The average molecular weight is 447 g/mol. The van der Waals surface area contributed by atoms with Crippen LogP contribution in [0.4, 0.5) is 0 Å². The van der Waals surface area contributed by atoms with Gasteiger partial charge < -0.3 is 15.7 Å². The maximum Gasteiger partial charge on any atom is 0.250 e. The molecule has 0 aliphatic heterocycles. The van der Waals surface area contributed by atoms with Gasteiger partial charge in [0.2, 0.25) is 5.91 Å². The summed E-state index contributed by atoms with van der Waals surface area (Å²) in [6.45, 7) is 1.46. The monoisotopic (exact) mass is 446 g/mol. The van der Waals surface area contributed by atoms with Gasteiger partial charge in [-0.3, -0.25) is 14.4 Å². The van der Waals surface area contributed by atoms with E-state index >= 15 is 0 Å². The van der Waals surface area contributed by atoms with Crippen LogP contribution >= 0.6 is 0 Å². The first-order valence-electron chi connectivity index (χ1n) is 9.70. The molecule has 1 unspecified atom stereocenters. The second-order valence-corrected chi connectivity index (χ2v) is 9.30. The van der Waals surface area contributed by atoms with Crippen LogP contribution in [0.5, 0.6) is 0 Å². The highest BCUT2D eigenvalue weighted by Crippen LogP contribution is 2.08. The number of amides is 2. The normalized spacial score (nSPS) is 13.1. The molecule has 0 aliphatic rings. The summed E-state index contributed by atoms with van der Waals surface area (Å²) in [7, 11) is -3.77. The Morgan fingerprint density at radius 1 is 0.935 bits per heavy atom. The van der Waals surface area contributed by atoms with E-state index in [1.165, 1.54) is 6.92 Å². The van der Waals surface area contributed by atoms with Crippen molar-refractivity contribution in [1.29, 1.82) is 0 Å². The van der Waals surface area contributed by atoms with Crippen molar-refractivity contribution in [3.8, 4) is 0 Å². The van der Waals surface area contributed by atoms with Crippen LogP contribution in [0, 0.1) is 0 Å². The van der Waals surface area contributed by atoms with Gasteiger partial charge in [0.25, 0.3) is 5.91 Å². The molecule has 31 heavy (non-hydrogen) atoms. The van der Waals surface area contributed by atoms with Gasteiger partial charge in [-0.25, -0.2) is 8.42 Å². The van der Waals surface area contributed by atoms with E-state index in [9.17, 15) is 27.9 Å². The Hall–Kier alpha value is -3.04. The van der Waals surface area contributed by atoms with Crippen LogP contribution in [-0.4, -0.2) is 49.0 Å². The van der Waals surface area contributed by atoms with Gasteiger partial charge in [-0.15, -0.1) is 0 Å². The van der Waals surface area contributed by atoms with Crippen molar-refractivity contribution >= 4 is 27.4 Å². The number of benzene rings is 2. The number of hydrogen-bond donors (Lipinski definition) is 3. The molecule has 2 atom stereocenters. The first-order valence-corrected chi connectivity index (χ1v) is 11.5. The predicted octanol–water partition coefficient (Wildman–Crippen LogP) is 0.743. The molecule has 0 saturated heterocycles. The Morgan fingerprint density at radius 3 is 2.03 bits per heavy atom. The fraction of sp³-hybridized carbons (Fsp3) is 0.318. The lowest BCUT2D eigenvalue weighted by molar-refractivity contribution is -0.133. The minimum Gasteiger partial charge on any atom is -0.382 e. The number of hydrogen-bond acceptors (Lipinski definition) is 6. The average Bonchev–Trinajstić information content (AvgIpc) is 2.72. The molecule has 0 bridgehead atoms. The summed E-state index contributed by atoms with van der Waals surface area (Å²) in [5.74, 6) is -3.08. The number of aliphatic hydroxyl groups excluding tert-OH is 1. The van der Waals surface area contributed by atoms with Crippen LogP contribution in [-0.2, 0) is 36.5 Å². The van der Waals surface area contributed by atoms with Crippen molar-refractivity contribution in [2.45, 2.75) is 37.8 Å². The van der Waals surface area contributed by atoms with Gasteiger partial charge in [-0.1, -0.05) is 60.7 Å². The lowest BCUT2D eigenvalue weighted by Crippen LogP contribution is -2.48. The van der Waals surface area contributed by atoms with Crippen LogP contribution in [0.1, 0.15) is 24.5 Å². The molecule has 0 radical (unpaired) electrons. The van der Waals surface area contributed by atoms with Crippen LogP contribution in [0.25, 0.3) is 0 Å². The second-order valence-electron chi connectivity index (χ2n) is 7.19. The number of aliphatic hydroxyl groups is 1. The second kappa shape index (κ2) is 11.4. The Bertz CT molecular complexity index is 993. The van der Waals surface area contributed by atoms with Gasteiger partial charge in [0.15, 0.2) is 15.6 Å². The molecule has 0 aromatic heterocycles. The minimum atomic E-state index is -3.77. The fourth-order valence-corrected chi connectivity index (χ4v) is 4.27. The molecule has 2 aromatic rings. The standard InChI is InChI=1S/C22H26N2O6S/c1-16(25)19(12-21(27)23-13-17-8-4-2-5-9-17)24-22(28)20(26)15-31(29,30)14-18-10-6-3-7-11-18/h2-11,19-20,26H,12-15H2,1H3,(H,23,27)(H,24,28)/t19?,20-/m0/s1. The van der Waals surface area contributed by atoms with E-state index in [1.807, 2.05) is 30.3 Å². The Morgan fingerprint density at radius 2 is 1.48 bits per heavy atom. The molecule has 8 nitrogen and oxygen atoms in total. The maximum absolute atomic E-state index is 12.3. The Labute approximate surface area is 181 Å². The molecule has 166 valence electrons. The summed E-state index contributed by atoms with van der Waals surface area (Å²) in [6.07, 6.45) is -2.18. The molecule has 2 aromatic carbocycles. The summed E-state index contributed by atoms with van der Waals surface area (Å²) in [5.41, 5.74) is 1.41. The fourth-order valence-electron chi connectivity index (χ4n) is 2.82. The highest BCUT2D eigenvalue weighted by molar-refractivity contribution is 7.90. The van der Waals surface area contributed by atoms with Crippen molar-refractivity contribution in [3.63, 3.8) is 0 Å². The largest absolute Gasteiger partial charge is 0.382 e. The Balaban J connectivity index is 1.88. The zero-order valence-electron chi connectivity index (χ0n) is 17.2. The number of sulfone groups is 1. The molecule has 0 fully saturated rings. The van der Waals surface area contributed by atoms with E-state index < -0.39 is 45.3 Å². The van der Waals surface area contributed by atoms with Crippen LogP contribution in [0.3, 0.4) is 0 Å². The lowest BCUT2D eigenvalue weighted by atomic mass is 10.1. The zero-order valence-corrected chi connectivity index (χ0v) is 18.0. The number of carbonyl (C=O) groups is 3. The SMILES string of the molecule is CC(=O)C(CC(=O)NCc1ccccc1)NC(=O)[C@@H](O)CS(=O)(=O)Cc1ccccc1.